The highest BCUT2D eigenvalue weighted by molar-refractivity contribution is 5.17. The second-order valence-corrected chi connectivity index (χ2v) is 6.07. The molecule has 3 saturated carbocycles. The van der Waals surface area contributed by atoms with Crippen LogP contribution in [-0.2, 0) is 6.54 Å². The number of aliphatic hydroxyl groups excluding tert-OH is 1. The summed E-state index contributed by atoms with van der Waals surface area (Å²) in [5.41, 5.74) is 7.33. The van der Waals surface area contributed by atoms with E-state index in [1.165, 1.54) is 5.56 Å². The lowest BCUT2D eigenvalue weighted by Crippen LogP contribution is -2.67. The van der Waals surface area contributed by atoms with Gasteiger partial charge in [0.25, 0.3) is 0 Å². The van der Waals surface area contributed by atoms with Gasteiger partial charge in [-0.3, -0.25) is 0 Å². The molecule has 3 aliphatic carbocycles. The lowest BCUT2D eigenvalue weighted by atomic mass is 9.60. The minimum Gasteiger partial charge on any atom is -0.391 e. The third-order valence-corrected chi connectivity index (χ3v) is 4.90. The molecule has 3 nitrogen and oxygen atoms in total. The molecule has 98 valence electrons. The van der Waals surface area contributed by atoms with Gasteiger partial charge in [-0.1, -0.05) is 30.3 Å². The van der Waals surface area contributed by atoms with Crippen LogP contribution in [0.25, 0.3) is 0 Å². The van der Waals surface area contributed by atoms with Crippen molar-refractivity contribution in [1.82, 2.24) is 5.32 Å². The largest absolute Gasteiger partial charge is 0.391 e. The summed E-state index contributed by atoms with van der Waals surface area (Å²) in [5, 5.41) is 13.8. The molecule has 0 amide bonds. The van der Waals surface area contributed by atoms with Crippen LogP contribution in [0.1, 0.15) is 37.7 Å². The van der Waals surface area contributed by atoms with Crippen LogP contribution in [0.4, 0.5) is 0 Å². The summed E-state index contributed by atoms with van der Waals surface area (Å²) in [6.07, 6.45) is 4.52. The summed E-state index contributed by atoms with van der Waals surface area (Å²) in [4.78, 5) is 0. The van der Waals surface area contributed by atoms with Crippen molar-refractivity contribution in [2.45, 2.75) is 55.8 Å². The van der Waals surface area contributed by atoms with E-state index in [0.29, 0.717) is 0 Å². The number of fused-ring (bicyclic) bond motifs is 3. The van der Waals surface area contributed by atoms with E-state index in [1.54, 1.807) is 0 Å². The summed E-state index contributed by atoms with van der Waals surface area (Å²) in [6.45, 7) is 0.880. The van der Waals surface area contributed by atoms with Gasteiger partial charge in [0.1, 0.15) is 0 Å². The minimum atomic E-state index is -0.344. The topological polar surface area (TPSA) is 58.3 Å². The highest BCUT2D eigenvalue weighted by Crippen LogP contribution is 2.45. The van der Waals surface area contributed by atoms with Gasteiger partial charge in [0, 0.05) is 17.6 Å². The maximum absolute atomic E-state index is 10.2. The molecule has 0 heterocycles. The first-order valence-corrected chi connectivity index (χ1v) is 6.88. The Kier molecular flexibility index (Phi) is 2.93. The normalized spacial score (nSPS) is 38.9. The van der Waals surface area contributed by atoms with Gasteiger partial charge in [0.05, 0.1) is 6.10 Å². The van der Waals surface area contributed by atoms with E-state index in [0.717, 1.165) is 38.6 Å². The first-order valence-electron chi connectivity index (χ1n) is 6.88. The number of hydrogen-bond acceptors (Lipinski definition) is 3. The van der Waals surface area contributed by atoms with E-state index in [1.807, 2.05) is 6.07 Å². The highest BCUT2D eigenvalue weighted by atomic mass is 16.3. The van der Waals surface area contributed by atoms with Crippen LogP contribution in [0, 0.1) is 0 Å². The molecule has 4 N–H and O–H groups in total. The first kappa shape index (κ1) is 12.2. The van der Waals surface area contributed by atoms with E-state index in [9.17, 15) is 5.11 Å². The van der Waals surface area contributed by atoms with Gasteiger partial charge in [-0.15, -0.1) is 0 Å². The summed E-state index contributed by atoms with van der Waals surface area (Å²) in [5.74, 6) is 0. The van der Waals surface area contributed by atoms with Gasteiger partial charge >= 0.3 is 0 Å². The molecular weight excluding hydrogens is 224 g/mol. The average Bonchev–Trinajstić information content (AvgIpc) is 2.40. The van der Waals surface area contributed by atoms with Crippen molar-refractivity contribution >= 4 is 0 Å². The van der Waals surface area contributed by atoms with Crippen molar-refractivity contribution < 1.29 is 5.11 Å². The van der Waals surface area contributed by atoms with Gasteiger partial charge in [-0.25, -0.2) is 0 Å². The van der Waals surface area contributed by atoms with E-state index in [4.69, 9.17) is 5.73 Å². The monoisotopic (exact) mass is 246 g/mol. The Morgan fingerprint density at radius 3 is 2.44 bits per heavy atom. The third kappa shape index (κ3) is 2.07. The number of aliphatic hydroxyl groups is 1. The molecule has 0 aromatic heterocycles. The molecule has 3 fully saturated rings. The Balaban J connectivity index is 1.66. The second-order valence-electron chi connectivity index (χ2n) is 6.07. The standard InChI is InChI=1S/C15H22N2O/c16-15-8-6-14(7-9-15,10-13(15)18)17-11-12-4-2-1-3-5-12/h1-5,13,17-18H,6-11,16H2/t13-,14?,15?/m0/s1. The molecule has 1 aromatic rings. The Labute approximate surface area is 108 Å². The summed E-state index contributed by atoms with van der Waals surface area (Å²) >= 11 is 0. The van der Waals surface area contributed by atoms with Gasteiger partial charge in [0.2, 0.25) is 0 Å². The summed E-state index contributed by atoms with van der Waals surface area (Å²) < 4.78 is 0. The predicted molar refractivity (Wildman–Crippen MR) is 72.0 cm³/mol. The van der Waals surface area contributed by atoms with Crippen molar-refractivity contribution in [2.24, 2.45) is 5.73 Å². The number of rotatable bonds is 3. The average molecular weight is 246 g/mol. The third-order valence-electron chi connectivity index (χ3n) is 4.90. The Bertz CT molecular complexity index is 410. The fraction of sp³-hybridized carbons (Fsp3) is 0.600. The quantitative estimate of drug-likeness (QED) is 0.758. The molecule has 1 aromatic carbocycles. The number of benzene rings is 1. The SMILES string of the molecule is NC12CCC(NCc3ccccc3)(CC1)C[C@@H]2O. The van der Waals surface area contributed by atoms with Crippen LogP contribution in [0.15, 0.2) is 30.3 Å². The molecule has 4 rings (SSSR count). The second kappa shape index (κ2) is 4.34. The molecule has 0 unspecified atom stereocenters. The van der Waals surface area contributed by atoms with Crippen molar-refractivity contribution in [3.8, 4) is 0 Å². The fourth-order valence-electron chi connectivity index (χ4n) is 3.44. The Hall–Kier alpha value is -0.900. The molecule has 2 bridgehead atoms. The lowest BCUT2D eigenvalue weighted by Gasteiger charge is -2.55. The highest BCUT2D eigenvalue weighted by Gasteiger charge is 2.51. The predicted octanol–water partition coefficient (Wildman–Crippen LogP) is 1.55. The molecule has 0 spiro atoms. The molecule has 0 radical (unpaired) electrons. The van der Waals surface area contributed by atoms with Gasteiger partial charge < -0.3 is 16.2 Å². The van der Waals surface area contributed by atoms with E-state index >= 15 is 0 Å². The molecule has 3 heteroatoms. The number of nitrogens with two attached hydrogens (primary N) is 1. The van der Waals surface area contributed by atoms with Gasteiger partial charge in [-0.05, 0) is 37.7 Å². The number of hydrogen-bond donors (Lipinski definition) is 3. The number of nitrogens with one attached hydrogen (secondary N) is 1. The maximum Gasteiger partial charge on any atom is 0.0737 e. The Morgan fingerprint density at radius 1 is 1.17 bits per heavy atom. The maximum atomic E-state index is 10.2. The van der Waals surface area contributed by atoms with Crippen molar-refractivity contribution in [3.05, 3.63) is 35.9 Å². The van der Waals surface area contributed by atoms with Crippen LogP contribution in [-0.4, -0.2) is 22.3 Å². The summed E-state index contributed by atoms with van der Waals surface area (Å²) in [6, 6.07) is 10.4. The molecule has 0 aliphatic heterocycles. The van der Waals surface area contributed by atoms with Crippen LogP contribution in [0.5, 0.6) is 0 Å². The zero-order chi connectivity index (χ0) is 12.6. The Morgan fingerprint density at radius 2 is 1.83 bits per heavy atom. The molecule has 18 heavy (non-hydrogen) atoms. The van der Waals surface area contributed by atoms with Crippen molar-refractivity contribution in [3.63, 3.8) is 0 Å². The zero-order valence-electron chi connectivity index (χ0n) is 10.7. The van der Waals surface area contributed by atoms with Crippen LogP contribution >= 0.6 is 0 Å². The van der Waals surface area contributed by atoms with Gasteiger partial charge in [0.15, 0.2) is 0 Å². The summed E-state index contributed by atoms with van der Waals surface area (Å²) in [7, 11) is 0. The lowest BCUT2D eigenvalue weighted by molar-refractivity contribution is -0.0445. The van der Waals surface area contributed by atoms with Crippen molar-refractivity contribution in [2.75, 3.05) is 0 Å². The first-order chi connectivity index (χ1) is 8.62. The molecular formula is C15H22N2O. The molecule has 3 aliphatic rings. The van der Waals surface area contributed by atoms with Crippen LogP contribution in [0.3, 0.4) is 0 Å². The van der Waals surface area contributed by atoms with E-state index in [2.05, 4.69) is 29.6 Å². The van der Waals surface area contributed by atoms with E-state index in [-0.39, 0.29) is 17.2 Å². The minimum absolute atomic E-state index is 0.108. The molecule has 0 saturated heterocycles. The smallest absolute Gasteiger partial charge is 0.0737 e. The van der Waals surface area contributed by atoms with Gasteiger partial charge in [-0.2, -0.15) is 0 Å². The van der Waals surface area contributed by atoms with Crippen LogP contribution in [0.2, 0.25) is 0 Å². The van der Waals surface area contributed by atoms with Crippen molar-refractivity contribution in [1.29, 1.82) is 0 Å². The zero-order valence-corrected chi connectivity index (χ0v) is 10.7. The van der Waals surface area contributed by atoms with Crippen LogP contribution < -0.4 is 11.1 Å². The molecule has 1 atom stereocenters. The fourth-order valence-corrected chi connectivity index (χ4v) is 3.44. The van der Waals surface area contributed by atoms with E-state index < -0.39 is 0 Å².